The van der Waals surface area contributed by atoms with Crippen LogP contribution in [0.2, 0.25) is 0 Å². The Balaban J connectivity index is 2.88. The monoisotopic (exact) mass is 262 g/mol. The number of carboxylic acids is 1. The van der Waals surface area contributed by atoms with Gasteiger partial charge in [-0.25, -0.2) is 9.18 Å². The Labute approximate surface area is 111 Å². The van der Waals surface area contributed by atoms with Gasteiger partial charge in [-0.3, -0.25) is 0 Å². The Kier molecular flexibility index (Phi) is 5.07. The zero-order valence-electron chi connectivity index (χ0n) is 10.8. The molecule has 0 radical (unpaired) electrons. The van der Waals surface area contributed by atoms with Crippen molar-refractivity contribution in [3.63, 3.8) is 0 Å². The summed E-state index contributed by atoms with van der Waals surface area (Å²) in [5.41, 5.74) is 0.861. The molecule has 19 heavy (non-hydrogen) atoms. The van der Waals surface area contributed by atoms with Crippen LogP contribution in [0.25, 0.3) is 6.08 Å². The zero-order valence-corrected chi connectivity index (χ0v) is 10.8. The smallest absolute Gasteiger partial charge is 0.328 e. The van der Waals surface area contributed by atoms with E-state index in [1.807, 2.05) is 0 Å². The first-order valence-electron chi connectivity index (χ1n) is 5.75. The Bertz CT molecular complexity index is 535. The van der Waals surface area contributed by atoms with Crippen molar-refractivity contribution in [1.29, 1.82) is 5.26 Å². The molecule has 1 aromatic rings. The molecule has 0 aliphatic rings. The molecule has 0 fully saturated rings. The van der Waals surface area contributed by atoms with Crippen molar-refractivity contribution in [2.24, 2.45) is 5.92 Å². The van der Waals surface area contributed by atoms with Gasteiger partial charge in [-0.05, 0) is 30.7 Å². The first-order valence-corrected chi connectivity index (χ1v) is 5.75. The number of hydrogen-bond acceptors (Lipinski definition) is 3. The van der Waals surface area contributed by atoms with Gasteiger partial charge in [0.15, 0.2) is 0 Å². The van der Waals surface area contributed by atoms with Crippen LogP contribution in [0.5, 0.6) is 0 Å². The van der Waals surface area contributed by atoms with E-state index in [9.17, 15) is 9.18 Å². The van der Waals surface area contributed by atoms with Crippen molar-refractivity contribution in [2.75, 3.05) is 18.5 Å². The second-order valence-electron chi connectivity index (χ2n) is 4.29. The third-order valence-corrected chi connectivity index (χ3v) is 2.57. The molecule has 1 N–H and O–H groups in total. The number of benzene rings is 1. The highest BCUT2D eigenvalue weighted by atomic mass is 19.1. The fourth-order valence-electron chi connectivity index (χ4n) is 1.65. The molecule has 1 aromatic carbocycles. The summed E-state index contributed by atoms with van der Waals surface area (Å²) in [6, 6.07) is 6.56. The highest BCUT2D eigenvalue weighted by Gasteiger charge is 2.10. The number of nitriles is 1. The van der Waals surface area contributed by atoms with Gasteiger partial charge in [0.2, 0.25) is 0 Å². The highest BCUT2D eigenvalue weighted by Crippen LogP contribution is 2.21. The van der Waals surface area contributed by atoms with E-state index in [4.69, 9.17) is 10.4 Å². The molecular weight excluding hydrogens is 247 g/mol. The first-order chi connectivity index (χ1) is 8.93. The van der Waals surface area contributed by atoms with E-state index in [1.54, 1.807) is 31.0 Å². The van der Waals surface area contributed by atoms with Crippen LogP contribution in [-0.4, -0.2) is 24.7 Å². The molecule has 0 saturated heterocycles. The molecule has 0 bridgehead atoms. The molecule has 0 aromatic heterocycles. The Morgan fingerprint density at radius 3 is 2.84 bits per heavy atom. The van der Waals surface area contributed by atoms with Gasteiger partial charge in [0, 0.05) is 19.7 Å². The SMILES string of the molecule is CC(C#N)CN(C)c1ccc(C=CC(=O)O)cc1F. The lowest BCUT2D eigenvalue weighted by Crippen LogP contribution is -2.24. The predicted octanol–water partition coefficient (Wildman–Crippen LogP) is 2.52. The van der Waals surface area contributed by atoms with Crippen LogP contribution in [-0.2, 0) is 4.79 Å². The summed E-state index contributed by atoms with van der Waals surface area (Å²) < 4.78 is 13.9. The van der Waals surface area contributed by atoms with Gasteiger partial charge < -0.3 is 10.0 Å². The topological polar surface area (TPSA) is 64.3 Å². The number of carboxylic acid groups (broad SMARTS) is 1. The van der Waals surface area contributed by atoms with E-state index >= 15 is 0 Å². The summed E-state index contributed by atoms with van der Waals surface area (Å²) in [6.45, 7) is 2.19. The van der Waals surface area contributed by atoms with Crippen LogP contribution >= 0.6 is 0 Å². The third kappa shape index (κ3) is 4.43. The Hall–Kier alpha value is -2.35. The third-order valence-electron chi connectivity index (χ3n) is 2.57. The standard InChI is InChI=1S/C14H15FN2O2/c1-10(8-16)9-17(2)13-5-3-11(7-12(13)15)4-6-14(18)19/h3-7,10H,9H2,1-2H3,(H,18,19). The zero-order chi connectivity index (χ0) is 14.4. The maximum atomic E-state index is 13.9. The van der Waals surface area contributed by atoms with Gasteiger partial charge in [0.05, 0.1) is 17.7 Å². The van der Waals surface area contributed by atoms with Gasteiger partial charge >= 0.3 is 5.97 Å². The van der Waals surface area contributed by atoms with Crippen LogP contribution in [0.3, 0.4) is 0 Å². The second kappa shape index (κ2) is 6.55. The number of anilines is 1. The number of carbonyl (C=O) groups is 1. The molecule has 0 spiro atoms. The Morgan fingerprint density at radius 1 is 1.63 bits per heavy atom. The van der Waals surface area contributed by atoms with Crippen molar-refractivity contribution in [2.45, 2.75) is 6.92 Å². The molecule has 1 unspecified atom stereocenters. The second-order valence-corrected chi connectivity index (χ2v) is 4.29. The normalized spacial score (nSPS) is 12.1. The van der Waals surface area contributed by atoms with Crippen LogP contribution < -0.4 is 4.90 Å². The van der Waals surface area contributed by atoms with Gasteiger partial charge in [-0.15, -0.1) is 0 Å². The minimum absolute atomic E-state index is 0.198. The van der Waals surface area contributed by atoms with Crippen molar-refractivity contribution in [3.8, 4) is 6.07 Å². The lowest BCUT2D eigenvalue weighted by Gasteiger charge is -2.21. The molecule has 1 rings (SSSR count). The van der Waals surface area contributed by atoms with E-state index in [0.29, 0.717) is 17.8 Å². The van der Waals surface area contributed by atoms with Crippen LogP contribution in [0.4, 0.5) is 10.1 Å². The number of aliphatic carboxylic acids is 1. The van der Waals surface area contributed by atoms with Crippen molar-refractivity contribution in [3.05, 3.63) is 35.7 Å². The molecule has 0 saturated carbocycles. The van der Waals surface area contributed by atoms with Gasteiger partial charge in [-0.2, -0.15) is 5.26 Å². The van der Waals surface area contributed by atoms with Gasteiger partial charge in [0.1, 0.15) is 5.82 Å². The molecule has 5 heteroatoms. The van der Waals surface area contributed by atoms with Crippen LogP contribution in [0.1, 0.15) is 12.5 Å². The molecule has 0 aliphatic heterocycles. The molecule has 100 valence electrons. The minimum atomic E-state index is -1.08. The van der Waals surface area contributed by atoms with E-state index in [-0.39, 0.29) is 5.92 Å². The van der Waals surface area contributed by atoms with Crippen LogP contribution in [0.15, 0.2) is 24.3 Å². The maximum Gasteiger partial charge on any atom is 0.328 e. The minimum Gasteiger partial charge on any atom is -0.478 e. The van der Waals surface area contributed by atoms with E-state index in [2.05, 4.69) is 6.07 Å². The molecule has 0 heterocycles. The number of rotatable bonds is 5. The fourth-order valence-corrected chi connectivity index (χ4v) is 1.65. The van der Waals surface area contributed by atoms with E-state index < -0.39 is 11.8 Å². The predicted molar refractivity (Wildman–Crippen MR) is 71.1 cm³/mol. The number of nitrogens with zero attached hydrogens (tertiary/aromatic N) is 2. The summed E-state index contributed by atoms with van der Waals surface area (Å²) >= 11 is 0. The lowest BCUT2D eigenvalue weighted by molar-refractivity contribution is -0.131. The summed E-state index contributed by atoms with van der Waals surface area (Å²) in [4.78, 5) is 12.0. The molecule has 4 nitrogen and oxygen atoms in total. The van der Waals surface area contributed by atoms with Gasteiger partial charge in [-0.1, -0.05) is 6.07 Å². The highest BCUT2D eigenvalue weighted by molar-refractivity contribution is 5.85. The fraction of sp³-hybridized carbons (Fsp3) is 0.286. The Morgan fingerprint density at radius 2 is 2.32 bits per heavy atom. The van der Waals surface area contributed by atoms with E-state index in [1.165, 1.54) is 12.1 Å². The quantitative estimate of drug-likeness (QED) is 0.828. The average molecular weight is 262 g/mol. The maximum absolute atomic E-state index is 13.9. The summed E-state index contributed by atoms with van der Waals surface area (Å²) in [5.74, 6) is -1.72. The van der Waals surface area contributed by atoms with Crippen LogP contribution in [0, 0.1) is 23.1 Å². The van der Waals surface area contributed by atoms with Crippen molar-refractivity contribution < 1.29 is 14.3 Å². The summed E-state index contributed by atoms with van der Waals surface area (Å²) in [7, 11) is 1.71. The summed E-state index contributed by atoms with van der Waals surface area (Å²) in [5, 5.41) is 17.2. The largest absolute Gasteiger partial charge is 0.478 e. The molecule has 0 amide bonds. The molecule has 1 atom stereocenters. The summed E-state index contributed by atoms with van der Waals surface area (Å²) in [6.07, 6.45) is 2.28. The van der Waals surface area contributed by atoms with E-state index in [0.717, 1.165) is 6.08 Å². The van der Waals surface area contributed by atoms with Gasteiger partial charge in [0.25, 0.3) is 0 Å². The van der Waals surface area contributed by atoms with Crippen molar-refractivity contribution >= 4 is 17.7 Å². The number of halogens is 1. The average Bonchev–Trinajstić information content (AvgIpc) is 2.35. The number of hydrogen-bond donors (Lipinski definition) is 1. The lowest BCUT2D eigenvalue weighted by atomic mass is 10.1. The molecule has 0 aliphatic carbocycles. The molecular formula is C14H15FN2O2. The first kappa shape index (κ1) is 14.7. The van der Waals surface area contributed by atoms with Crippen molar-refractivity contribution in [1.82, 2.24) is 0 Å².